The van der Waals surface area contributed by atoms with Gasteiger partial charge >= 0.3 is 0 Å². The minimum atomic E-state index is -0.342. The third-order valence-electron chi connectivity index (χ3n) is 3.79. The van der Waals surface area contributed by atoms with Crippen molar-refractivity contribution in [2.75, 3.05) is 7.11 Å². The quantitative estimate of drug-likeness (QED) is 0.348. The van der Waals surface area contributed by atoms with Crippen molar-refractivity contribution in [3.8, 4) is 5.75 Å². The zero-order valence-corrected chi connectivity index (χ0v) is 15.6. The monoisotopic (exact) mass is 390 g/mol. The molecule has 0 aliphatic heterocycles. The number of allylic oxidation sites excluding steroid dienone is 1. The third-order valence-corrected chi connectivity index (χ3v) is 5.05. The second kappa shape index (κ2) is 7.93. The fraction of sp³-hybridized carbons (Fsp3) is 0.158. The molecule has 0 unspecified atom stereocenters. The number of hydrogen-bond acceptors (Lipinski definition) is 4. The summed E-state index contributed by atoms with van der Waals surface area (Å²) in [6.45, 7) is 4.02. The van der Waals surface area contributed by atoms with Crippen LogP contribution in [0.2, 0.25) is 5.02 Å². The van der Waals surface area contributed by atoms with Gasteiger partial charge < -0.3 is 4.74 Å². The molecule has 4 nitrogen and oxygen atoms in total. The first-order chi connectivity index (χ1) is 12.5. The molecule has 0 saturated carbocycles. The summed E-state index contributed by atoms with van der Waals surface area (Å²) >= 11 is 7.33. The van der Waals surface area contributed by atoms with Gasteiger partial charge in [0.1, 0.15) is 11.6 Å². The molecule has 0 aliphatic rings. The largest absolute Gasteiger partial charge is 0.496 e. The normalized spacial score (nSPS) is 10.9. The Labute approximate surface area is 159 Å². The maximum Gasteiger partial charge on any atom is 0.262 e. The molecule has 0 N–H and O–H groups in total. The van der Waals surface area contributed by atoms with Crippen molar-refractivity contribution >= 4 is 34.3 Å². The van der Waals surface area contributed by atoms with Gasteiger partial charge in [-0.3, -0.25) is 9.36 Å². The molecule has 0 aliphatic carbocycles. The number of benzene rings is 2. The highest BCUT2D eigenvalue weighted by atomic mass is 35.5. The Balaban J connectivity index is 2.03. The average molecular weight is 391 g/mol. The van der Waals surface area contributed by atoms with E-state index < -0.39 is 0 Å². The van der Waals surface area contributed by atoms with Gasteiger partial charge in [-0.05, 0) is 36.4 Å². The first kappa shape index (κ1) is 18.5. The van der Waals surface area contributed by atoms with Crippen molar-refractivity contribution in [1.29, 1.82) is 0 Å². The summed E-state index contributed by atoms with van der Waals surface area (Å²) in [7, 11) is 1.53. The molecule has 134 valence electrons. The number of methoxy groups -OCH3 is 1. The molecule has 0 amide bonds. The van der Waals surface area contributed by atoms with E-state index in [1.165, 1.54) is 35.6 Å². The highest BCUT2D eigenvalue weighted by Gasteiger charge is 2.13. The van der Waals surface area contributed by atoms with Crippen LogP contribution in [0.5, 0.6) is 5.75 Å². The van der Waals surface area contributed by atoms with Crippen LogP contribution in [-0.2, 0) is 12.3 Å². The minimum absolute atomic E-state index is 0.189. The van der Waals surface area contributed by atoms with Gasteiger partial charge in [-0.1, -0.05) is 29.4 Å². The minimum Gasteiger partial charge on any atom is -0.496 e. The van der Waals surface area contributed by atoms with Crippen LogP contribution in [0.1, 0.15) is 5.56 Å². The van der Waals surface area contributed by atoms with E-state index in [1.54, 1.807) is 30.3 Å². The number of nitrogens with zero attached hydrogens (tertiary/aromatic N) is 2. The summed E-state index contributed by atoms with van der Waals surface area (Å²) in [6.07, 6.45) is 1.63. The lowest BCUT2D eigenvalue weighted by atomic mass is 10.2. The summed E-state index contributed by atoms with van der Waals surface area (Å²) in [5.41, 5.74) is 1.06. The Morgan fingerprint density at radius 2 is 2.15 bits per heavy atom. The van der Waals surface area contributed by atoms with Crippen molar-refractivity contribution in [2.45, 2.75) is 17.5 Å². The average Bonchev–Trinajstić information content (AvgIpc) is 2.63. The predicted molar refractivity (Wildman–Crippen MR) is 104 cm³/mol. The second-order valence-corrected chi connectivity index (χ2v) is 6.88. The zero-order chi connectivity index (χ0) is 18.7. The van der Waals surface area contributed by atoms with Crippen molar-refractivity contribution in [3.05, 3.63) is 75.8 Å². The summed E-state index contributed by atoms with van der Waals surface area (Å²) in [5, 5.41) is 1.45. The standard InChI is InChI=1S/C19H16ClFN2O2S/c1-3-8-23-18(24)15-10-13(20)4-6-16(15)22-19(23)26-11-12-9-14(21)5-7-17(12)25-2/h3-7,9-10H,1,8,11H2,2H3. The van der Waals surface area contributed by atoms with E-state index in [4.69, 9.17) is 16.3 Å². The molecule has 0 atom stereocenters. The van der Waals surface area contributed by atoms with E-state index in [1.807, 2.05) is 0 Å². The van der Waals surface area contributed by atoms with Crippen LogP contribution in [0.15, 0.2) is 59.0 Å². The number of hydrogen-bond donors (Lipinski definition) is 0. The van der Waals surface area contributed by atoms with Gasteiger partial charge in [0.2, 0.25) is 0 Å². The predicted octanol–water partition coefficient (Wildman–Crippen LogP) is 4.68. The highest BCUT2D eigenvalue weighted by Crippen LogP contribution is 2.28. The third kappa shape index (κ3) is 3.76. The lowest BCUT2D eigenvalue weighted by molar-refractivity contribution is 0.410. The summed E-state index contributed by atoms with van der Waals surface area (Å²) < 4.78 is 20.4. The van der Waals surface area contributed by atoms with Gasteiger partial charge in [-0.15, -0.1) is 6.58 Å². The number of halogens is 2. The highest BCUT2D eigenvalue weighted by molar-refractivity contribution is 7.98. The molecule has 2 aromatic carbocycles. The maximum absolute atomic E-state index is 13.6. The molecule has 3 aromatic rings. The second-order valence-electron chi connectivity index (χ2n) is 5.51. The molecule has 0 radical (unpaired) electrons. The first-order valence-electron chi connectivity index (χ1n) is 7.79. The fourth-order valence-corrected chi connectivity index (χ4v) is 3.73. The van der Waals surface area contributed by atoms with E-state index in [9.17, 15) is 9.18 Å². The number of rotatable bonds is 6. The van der Waals surface area contributed by atoms with Gasteiger partial charge in [0.05, 0.1) is 18.0 Å². The van der Waals surface area contributed by atoms with E-state index in [0.717, 1.165) is 0 Å². The van der Waals surface area contributed by atoms with Crippen LogP contribution >= 0.6 is 23.4 Å². The molecule has 1 heterocycles. The smallest absolute Gasteiger partial charge is 0.262 e. The Bertz CT molecular complexity index is 1040. The van der Waals surface area contributed by atoms with Gasteiger partial charge in [0.25, 0.3) is 5.56 Å². The van der Waals surface area contributed by atoms with Gasteiger partial charge in [-0.25, -0.2) is 9.37 Å². The van der Waals surface area contributed by atoms with Crippen LogP contribution in [0.3, 0.4) is 0 Å². The van der Waals surface area contributed by atoms with Crippen molar-refractivity contribution in [2.24, 2.45) is 0 Å². The maximum atomic E-state index is 13.6. The lowest BCUT2D eigenvalue weighted by Gasteiger charge is -2.13. The number of thioether (sulfide) groups is 1. The van der Waals surface area contributed by atoms with Gasteiger partial charge in [-0.2, -0.15) is 0 Å². The Kier molecular flexibility index (Phi) is 5.64. The summed E-state index contributed by atoms with van der Waals surface area (Å²) in [4.78, 5) is 17.4. The van der Waals surface area contributed by atoms with E-state index in [-0.39, 0.29) is 11.4 Å². The van der Waals surface area contributed by atoms with Crippen molar-refractivity contribution in [3.63, 3.8) is 0 Å². The lowest BCUT2D eigenvalue weighted by Crippen LogP contribution is -2.22. The van der Waals surface area contributed by atoms with E-state index in [2.05, 4.69) is 11.6 Å². The van der Waals surface area contributed by atoms with Crippen molar-refractivity contribution in [1.82, 2.24) is 9.55 Å². The van der Waals surface area contributed by atoms with E-state index in [0.29, 0.717) is 44.7 Å². The van der Waals surface area contributed by atoms with Crippen LogP contribution in [0.4, 0.5) is 4.39 Å². The molecular formula is C19H16ClFN2O2S. The Morgan fingerprint density at radius 3 is 2.88 bits per heavy atom. The molecule has 0 spiro atoms. The van der Waals surface area contributed by atoms with Crippen LogP contribution in [0, 0.1) is 5.82 Å². The number of fused-ring (bicyclic) bond motifs is 1. The molecule has 7 heteroatoms. The molecular weight excluding hydrogens is 375 g/mol. The molecule has 26 heavy (non-hydrogen) atoms. The van der Waals surface area contributed by atoms with E-state index >= 15 is 0 Å². The van der Waals surface area contributed by atoms with Crippen LogP contribution < -0.4 is 10.3 Å². The SMILES string of the molecule is C=CCn1c(SCc2cc(F)ccc2OC)nc2ccc(Cl)cc2c1=O. The molecule has 3 rings (SSSR count). The van der Waals surface area contributed by atoms with Gasteiger partial charge in [0, 0.05) is 22.9 Å². The molecule has 0 bridgehead atoms. The fourth-order valence-electron chi connectivity index (χ4n) is 2.58. The van der Waals surface area contributed by atoms with Crippen LogP contribution in [-0.4, -0.2) is 16.7 Å². The van der Waals surface area contributed by atoms with Crippen molar-refractivity contribution < 1.29 is 9.13 Å². The Morgan fingerprint density at radius 1 is 1.35 bits per heavy atom. The summed E-state index contributed by atoms with van der Waals surface area (Å²) in [5.74, 6) is 0.652. The topological polar surface area (TPSA) is 44.1 Å². The zero-order valence-electron chi connectivity index (χ0n) is 14.0. The first-order valence-corrected chi connectivity index (χ1v) is 9.16. The van der Waals surface area contributed by atoms with Gasteiger partial charge in [0.15, 0.2) is 5.16 Å². The molecule has 0 fully saturated rings. The Hall–Kier alpha value is -2.31. The summed E-state index contributed by atoms with van der Waals surface area (Å²) in [6, 6.07) is 9.36. The number of ether oxygens (including phenoxy) is 1. The molecule has 0 saturated heterocycles. The number of aromatic nitrogens is 2. The molecule has 1 aromatic heterocycles. The van der Waals surface area contributed by atoms with Crippen LogP contribution in [0.25, 0.3) is 10.9 Å².